The molecule has 184 valence electrons. The zero-order valence-corrected chi connectivity index (χ0v) is 20.1. The molecule has 1 N–H and O–H groups in total. The van der Waals surface area contributed by atoms with Gasteiger partial charge < -0.3 is 24.1 Å². The number of carbonyl (C=O) groups is 1. The van der Waals surface area contributed by atoms with Crippen LogP contribution in [0.3, 0.4) is 0 Å². The van der Waals surface area contributed by atoms with Gasteiger partial charge in [-0.2, -0.15) is 0 Å². The van der Waals surface area contributed by atoms with E-state index < -0.39 is 0 Å². The lowest BCUT2D eigenvalue weighted by atomic mass is 10.1. The van der Waals surface area contributed by atoms with E-state index in [4.69, 9.17) is 14.2 Å². The number of piperidine rings is 1. The van der Waals surface area contributed by atoms with Crippen molar-refractivity contribution in [2.24, 2.45) is 0 Å². The highest BCUT2D eigenvalue weighted by Crippen LogP contribution is 2.32. The van der Waals surface area contributed by atoms with Gasteiger partial charge in [0, 0.05) is 31.5 Å². The monoisotopic (exact) mass is 478 g/mol. The van der Waals surface area contributed by atoms with Crippen LogP contribution in [0.25, 0.3) is 11.4 Å². The van der Waals surface area contributed by atoms with E-state index in [0.29, 0.717) is 29.5 Å². The number of hydrogen-bond donors (Lipinski definition) is 1. The van der Waals surface area contributed by atoms with E-state index in [-0.39, 0.29) is 30.0 Å². The highest BCUT2D eigenvalue weighted by atomic mass is 16.5. The lowest BCUT2D eigenvalue weighted by molar-refractivity contribution is -0.132. The molecule has 4 rings (SSSR count). The third kappa shape index (κ3) is 6.17. The van der Waals surface area contributed by atoms with Gasteiger partial charge in [0.1, 0.15) is 18.1 Å². The zero-order chi connectivity index (χ0) is 24.6. The minimum absolute atomic E-state index is 0.0595. The Bertz CT molecular complexity index is 1220. The Kier molecular flexibility index (Phi) is 7.97. The second kappa shape index (κ2) is 11.5. The number of ether oxygens (including phenoxy) is 3. The number of nitrogens with zero attached hydrogens (tertiary/aromatic N) is 3. The maximum absolute atomic E-state index is 12.6. The number of nitrogens with one attached hydrogen (secondary N) is 1. The number of rotatable bonds is 9. The molecule has 3 aromatic rings. The molecule has 1 saturated heterocycles. The van der Waals surface area contributed by atoms with Gasteiger partial charge in [-0.05, 0) is 55.2 Å². The van der Waals surface area contributed by atoms with E-state index in [1.54, 1.807) is 32.4 Å². The SMILES string of the molecule is COc1cccc(COc2ccc(-c3nnc(CCC(=O)N4CCCCC4)c(=O)[nH]3)cc2OC)c1. The van der Waals surface area contributed by atoms with E-state index >= 15 is 0 Å². The summed E-state index contributed by atoms with van der Waals surface area (Å²) in [5, 5.41) is 8.27. The van der Waals surface area contributed by atoms with Crippen LogP contribution in [0.1, 0.15) is 36.9 Å². The van der Waals surface area contributed by atoms with Crippen LogP contribution in [-0.4, -0.2) is 53.3 Å². The highest BCUT2D eigenvalue weighted by Gasteiger charge is 2.18. The topological polar surface area (TPSA) is 107 Å². The third-order valence-electron chi connectivity index (χ3n) is 6.01. The Hall–Kier alpha value is -3.88. The number of hydrogen-bond acceptors (Lipinski definition) is 7. The molecule has 9 nitrogen and oxygen atoms in total. The van der Waals surface area contributed by atoms with Crippen molar-refractivity contribution in [1.82, 2.24) is 20.1 Å². The standard InChI is InChI=1S/C26H30N4O5/c1-33-20-8-6-7-18(15-20)17-35-22-11-9-19(16-23(22)34-2)25-27-26(32)21(28-29-25)10-12-24(31)30-13-4-3-5-14-30/h6-9,11,15-16H,3-5,10,12-14,17H2,1-2H3,(H,27,29,32). The van der Waals surface area contributed by atoms with Gasteiger partial charge in [0.05, 0.1) is 14.2 Å². The molecule has 1 aliphatic rings. The van der Waals surface area contributed by atoms with Gasteiger partial charge in [-0.15, -0.1) is 10.2 Å². The molecule has 2 heterocycles. The largest absolute Gasteiger partial charge is 0.497 e. The summed E-state index contributed by atoms with van der Waals surface area (Å²) in [6, 6.07) is 12.9. The predicted molar refractivity (Wildman–Crippen MR) is 131 cm³/mol. The minimum atomic E-state index is -0.348. The number of carbonyl (C=O) groups excluding carboxylic acids is 1. The molecule has 0 atom stereocenters. The maximum Gasteiger partial charge on any atom is 0.273 e. The fraction of sp³-hybridized carbons (Fsp3) is 0.385. The summed E-state index contributed by atoms with van der Waals surface area (Å²) in [5.74, 6) is 2.20. The number of likely N-dealkylation sites (tertiary alicyclic amines) is 1. The van der Waals surface area contributed by atoms with E-state index in [9.17, 15) is 9.59 Å². The predicted octanol–water partition coefficient (Wildman–Crippen LogP) is 3.37. The van der Waals surface area contributed by atoms with Crippen LogP contribution in [0.4, 0.5) is 0 Å². The van der Waals surface area contributed by atoms with Gasteiger partial charge in [0.25, 0.3) is 5.56 Å². The Morgan fingerprint density at radius 3 is 2.57 bits per heavy atom. The maximum atomic E-state index is 12.6. The van der Waals surface area contributed by atoms with Crippen LogP contribution in [0.5, 0.6) is 17.2 Å². The normalized spacial score (nSPS) is 13.4. The van der Waals surface area contributed by atoms with Crippen molar-refractivity contribution in [3.63, 3.8) is 0 Å². The first-order valence-corrected chi connectivity index (χ1v) is 11.7. The summed E-state index contributed by atoms with van der Waals surface area (Å²) in [6.45, 7) is 1.93. The average Bonchev–Trinajstić information content (AvgIpc) is 2.91. The van der Waals surface area contributed by atoms with Crippen LogP contribution in [-0.2, 0) is 17.8 Å². The van der Waals surface area contributed by atoms with Gasteiger partial charge >= 0.3 is 0 Å². The molecule has 9 heteroatoms. The Labute approximate surface area is 204 Å². The third-order valence-corrected chi connectivity index (χ3v) is 6.01. The number of aromatic amines is 1. The Morgan fingerprint density at radius 2 is 1.83 bits per heavy atom. The summed E-state index contributed by atoms with van der Waals surface area (Å²) < 4.78 is 16.7. The number of benzene rings is 2. The molecule has 35 heavy (non-hydrogen) atoms. The van der Waals surface area contributed by atoms with Gasteiger partial charge in [-0.3, -0.25) is 9.59 Å². The lowest BCUT2D eigenvalue weighted by Gasteiger charge is -2.26. The molecule has 2 aromatic carbocycles. The first-order chi connectivity index (χ1) is 17.1. The molecule has 0 aliphatic carbocycles. The molecular formula is C26H30N4O5. The second-order valence-corrected chi connectivity index (χ2v) is 8.40. The number of H-pyrrole nitrogens is 1. The molecule has 1 fully saturated rings. The van der Waals surface area contributed by atoms with Gasteiger partial charge in [0.2, 0.25) is 5.91 Å². The molecule has 1 aromatic heterocycles. The fourth-order valence-corrected chi connectivity index (χ4v) is 4.04. The van der Waals surface area contributed by atoms with Gasteiger partial charge in [-0.25, -0.2) is 0 Å². The van der Waals surface area contributed by atoms with Crippen molar-refractivity contribution in [2.45, 2.75) is 38.7 Å². The molecule has 0 bridgehead atoms. The molecule has 0 radical (unpaired) electrons. The lowest BCUT2D eigenvalue weighted by Crippen LogP contribution is -2.36. The quantitative estimate of drug-likeness (QED) is 0.502. The van der Waals surface area contributed by atoms with E-state index in [2.05, 4.69) is 15.2 Å². The van der Waals surface area contributed by atoms with E-state index in [1.807, 2.05) is 29.2 Å². The first-order valence-electron chi connectivity index (χ1n) is 11.7. The van der Waals surface area contributed by atoms with E-state index in [1.165, 1.54) is 0 Å². The minimum Gasteiger partial charge on any atom is -0.497 e. The van der Waals surface area contributed by atoms with E-state index in [0.717, 1.165) is 43.7 Å². The fourth-order valence-electron chi connectivity index (χ4n) is 4.04. The van der Waals surface area contributed by atoms with Crippen molar-refractivity contribution < 1.29 is 19.0 Å². The molecule has 0 saturated carbocycles. The number of amides is 1. The van der Waals surface area contributed by atoms with Crippen molar-refractivity contribution in [3.05, 3.63) is 64.1 Å². The van der Waals surface area contributed by atoms with Crippen molar-refractivity contribution in [3.8, 4) is 28.6 Å². The smallest absolute Gasteiger partial charge is 0.273 e. The van der Waals surface area contributed by atoms with Crippen LogP contribution in [0.15, 0.2) is 47.3 Å². The summed E-state index contributed by atoms with van der Waals surface area (Å²) in [7, 11) is 3.17. The Morgan fingerprint density at radius 1 is 1.00 bits per heavy atom. The number of aryl methyl sites for hydroxylation is 1. The van der Waals surface area contributed by atoms with Crippen molar-refractivity contribution in [1.29, 1.82) is 0 Å². The first kappa shape index (κ1) is 24.3. The van der Waals surface area contributed by atoms with Gasteiger partial charge in [-0.1, -0.05) is 12.1 Å². The summed E-state index contributed by atoms with van der Waals surface area (Å²) >= 11 is 0. The number of methoxy groups -OCH3 is 2. The van der Waals surface area contributed by atoms with Crippen molar-refractivity contribution in [2.75, 3.05) is 27.3 Å². The van der Waals surface area contributed by atoms with Crippen LogP contribution < -0.4 is 19.8 Å². The summed E-state index contributed by atoms with van der Waals surface area (Å²) in [4.78, 5) is 29.6. The number of aromatic nitrogens is 3. The zero-order valence-electron chi connectivity index (χ0n) is 20.1. The summed E-state index contributed by atoms with van der Waals surface area (Å²) in [5.41, 5.74) is 1.50. The molecule has 0 unspecified atom stereocenters. The molecule has 1 aliphatic heterocycles. The van der Waals surface area contributed by atoms with Crippen LogP contribution >= 0.6 is 0 Å². The average molecular weight is 479 g/mol. The van der Waals surface area contributed by atoms with Crippen molar-refractivity contribution >= 4 is 5.91 Å². The van der Waals surface area contributed by atoms with Gasteiger partial charge in [0.15, 0.2) is 17.3 Å². The van der Waals surface area contributed by atoms with Crippen LogP contribution in [0, 0.1) is 0 Å². The van der Waals surface area contributed by atoms with Crippen LogP contribution in [0.2, 0.25) is 0 Å². The second-order valence-electron chi connectivity index (χ2n) is 8.40. The molecule has 0 spiro atoms. The molecular weight excluding hydrogens is 448 g/mol. The summed E-state index contributed by atoms with van der Waals surface area (Å²) in [6.07, 6.45) is 3.75. The molecule has 1 amide bonds. The Balaban J connectivity index is 1.42. The highest BCUT2D eigenvalue weighted by molar-refractivity contribution is 5.76.